The molecule has 0 aliphatic rings. The summed E-state index contributed by atoms with van der Waals surface area (Å²) in [5.41, 5.74) is 4.16. The van der Waals surface area contributed by atoms with Gasteiger partial charge < -0.3 is 4.74 Å². The molecule has 0 heterocycles. The van der Waals surface area contributed by atoms with Gasteiger partial charge in [0.05, 0.1) is 7.11 Å². The van der Waals surface area contributed by atoms with E-state index in [1.807, 2.05) is 6.07 Å². The summed E-state index contributed by atoms with van der Waals surface area (Å²) in [4.78, 5) is 0. The summed E-state index contributed by atoms with van der Waals surface area (Å²) in [5, 5.41) is 0. The Morgan fingerprint density at radius 2 is 1.74 bits per heavy atom. The van der Waals surface area contributed by atoms with Crippen LogP contribution in [0.1, 0.15) is 51.7 Å². The van der Waals surface area contributed by atoms with Crippen molar-refractivity contribution < 1.29 is 9.13 Å². The monoisotopic (exact) mass is 314 g/mol. The molecule has 0 aliphatic carbocycles. The van der Waals surface area contributed by atoms with Crippen molar-refractivity contribution in [3.63, 3.8) is 0 Å². The molecule has 2 rings (SSSR count). The Balaban J connectivity index is 2.67. The standard InChI is InChI=1S/C21H27FO/c1-7-15-8-10-17(18(12-15)14(2)21(3,4)5)19-13-16(23-6)9-11-20(19)22/h8-14H,7H2,1-6H3. The summed E-state index contributed by atoms with van der Waals surface area (Å²) in [6.45, 7) is 11.0. The molecule has 0 spiro atoms. The predicted molar refractivity (Wildman–Crippen MR) is 95.6 cm³/mol. The third-order valence-electron chi connectivity index (χ3n) is 4.75. The van der Waals surface area contributed by atoms with Gasteiger partial charge in [0.2, 0.25) is 0 Å². The van der Waals surface area contributed by atoms with Crippen molar-refractivity contribution in [2.75, 3.05) is 7.11 Å². The van der Waals surface area contributed by atoms with E-state index >= 15 is 0 Å². The number of rotatable bonds is 4. The fourth-order valence-corrected chi connectivity index (χ4v) is 2.74. The largest absolute Gasteiger partial charge is 0.497 e. The average Bonchev–Trinajstić information content (AvgIpc) is 2.53. The van der Waals surface area contributed by atoms with Crippen LogP contribution >= 0.6 is 0 Å². The molecule has 0 aromatic heterocycles. The van der Waals surface area contributed by atoms with E-state index in [9.17, 15) is 4.39 Å². The third kappa shape index (κ3) is 3.74. The molecule has 0 saturated heterocycles. The van der Waals surface area contributed by atoms with Gasteiger partial charge in [-0.3, -0.25) is 0 Å². The van der Waals surface area contributed by atoms with E-state index in [-0.39, 0.29) is 11.2 Å². The van der Waals surface area contributed by atoms with Crippen LogP contribution in [-0.2, 0) is 6.42 Å². The van der Waals surface area contributed by atoms with Gasteiger partial charge in [-0.05, 0) is 52.6 Å². The second-order valence-corrected chi connectivity index (χ2v) is 7.21. The lowest BCUT2D eigenvalue weighted by Crippen LogP contribution is -2.16. The van der Waals surface area contributed by atoms with Crippen LogP contribution in [0.4, 0.5) is 4.39 Å². The lowest BCUT2D eigenvalue weighted by atomic mass is 9.75. The lowest BCUT2D eigenvalue weighted by molar-refractivity contribution is 0.340. The highest BCUT2D eigenvalue weighted by molar-refractivity contribution is 5.70. The molecule has 1 nitrogen and oxygen atoms in total. The number of methoxy groups -OCH3 is 1. The van der Waals surface area contributed by atoms with Crippen molar-refractivity contribution in [3.8, 4) is 16.9 Å². The molecular formula is C21H27FO. The van der Waals surface area contributed by atoms with Crippen LogP contribution in [0.5, 0.6) is 5.75 Å². The predicted octanol–water partition coefficient (Wildman–Crippen LogP) is 6.21. The topological polar surface area (TPSA) is 9.23 Å². The first-order valence-corrected chi connectivity index (χ1v) is 8.24. The number of aryl methyl sites for hydroxylation is 1. The maximum absolute atomic E-state index is 14.5. The molecule has 0 aliphatic heterocycles. The molecule has 1 unspecified atom stereocenters. The van der Waals surface area contributed by atoms with Crippen LogP contribution in [0.2, 0.25) is 0 Å². The normalized spacial score (nSPS) is 13.0. The Morgan fingerprint density at radius 1 is 1.04 bits per heavy atom. The zero-order valence-corrected chi connectivity index (χ0v) is 15.0. The maximum Gasteiger partial charge on any atom is 0.131 e. The molecule has 0 amide bonds. The fourth-order valence-electron chi connectivity index (χ4n) is 2.74. The zero-order valence-electron chi connectivity index (χ0n) is 15.0. The second-order valence-electron chi connectivity index (χ2n) is 7.21. The first-order valence-electron chi connectivity index (χ1n) is 8.24. The van der Waals surface area contributed by atoms with E-state index in [1.165, 1.54) is 17.2 Å². The quantitative estimate of drug-likeness (QED) is 0.651. The Bertz CT molecular complexity index is 683. The smallest absolute Gasteiger partial charge is 0.131 e. The van der Waals surface area contributed by atoms with Gasteiger partial charge in [0.25, 0.3) is 0 Å². The number of ether oxygens (including phenoxy) is 1. The molecule has 0 saturated carbocycles. The van der Waals surface area contributed by atoms with Gasteiger partial charge in [0.1, 0.15) is 11.6 Å². The molecule has 0 N–H and O–H groups in total. The SMILES string of the molecule is CCc1ccc(-c2cc(OC)ccc2F)c(C(C)C(C)(C)C)c1. The summed E-state index contributed by atoms with van der Waals surface area (Å²) in [6.07, 6.45) is 0.977. The Kier molecular flexibility index (Phi) is 5.13. The first kappa shape index (κ1) is 17.5. The van der Waals surface area contributed by atoms with Crippen LogP contribution in [0.25, 0.3) is 11.1 Å². The Morgan fingerprint density at radius 3 is 2.30 bits per heavy atom. The summed E-state index contributed by atoms with van der Waals surface area (Å²) in [6, 6.07) is 11.3. The van der Waals surface area contributed by atoms with E-state index in [0.717, 1.165) is 12.0 Å². The van der Waals surface area contributed by atoms with E-state index in [2.05, 4.69) is 46.8 Å². The lowest BCUT2D eigenvalue weighted by Gasteiger charge is -2.30. The summed E-state index contributed by atoms with van der Waals surface area (Å²) < 4.78 is 19.7. The van der Waals surface area contributed by atoms with Crippen molar-refractivity contribution in [1.82, 2.24) is 0 Å². The first-order chi connectivity index (χ1) is 10.8. The van der Waals surface area contributed by atoms with E-state index in [1.54, 1.807) is 19.2 Å². The molecule has 0 radical (unpaired) electrons. The van der Waals surface area contributed by atoms with Gasteiger partial charge in [-0.1, -0.05) is 52.8 Å². The Hall–Kier alpha value is -1.83. The average molecular weight is 314 g/mol. The van der Waals surface area contributed by atoms with E-state index < -0.39 is 0 Å². The van der Waals surface area contributed by atoms with Gasteiger partial charge in [-0.2, -0.15) is 0 Å². The molecular weight excluding hydrogens is 287 g/mol. The van der Waals surface area contributed by atoms with Crippen LogP contribution in [0.3, 0.4) is 0 Å². The minimum atomic E-state index is -0.211. The van der Waals surface area contributed by atoms with Gasteiger partial charge in [0, 0.05) is 5.56 Å². The van der Waals surface area contributed by atoms with Gasteiger partial charge in [-0.15, -0.1) is 0 Å². The third-order valence-corrected chi connectivity index (χ3v) is 4.75. The minimum Gasteiger partial charge on any atom is -0.497 e. The fraction of sp³-hybridized carbons (Fsp3) is 0.429. The summed E-state index contributed by atoms with van der Waals surface area (Å²) in [5.74, 6) is 0.780. The number of halogens is 1. The Labute approximate surface area is 139 Å². The van der Waals surface area contributed by atoms with Crippen molar-refractivity contribution in [1.29, 1.82) is 0 Å². The molecule has 0 bridgehead atoms. The van der Waals surface area contributed by atoms with Gasteiger partial charge >= 0.3 is 0 Å². The highest BCUT2D eigenvalue weighted by Gasteiger charge is 2.25. The van der Waals surface area contributed by atoms with Crippen molar-refractivity contribution in [2.24, 2.45) is 5.41 Å². The highest BCUT2D eigenvalue weighted by atomic mass is 19.1. The second kappa shape index (κ2) is 6.74. The molecule has 124 valence electrons. The maximum atomic E-state index is 14.5. The van der Waals surface area contributed by atoms with Crippen molar-refractivity contribution >= 4 is 0 Å². The zero-order chi connectivity index (χ0) is 17.2. The van der Waals surface area contributed by atoms with Crippen molar-refractivity contribution in [3.05, 3.63) is 53.3 Å². The number of benzene rings is 2. The minimum absolute atomic E-state index is 0.108. The van der Waals surface area contributed by atoms with Gasteiger partial charge in [0.15, 0.2) is 0 Å². The molecule has 2 aromatic carbocycles. The molecule has 2 aromatic rings. The molecule has 2 heteroatoms. The van der Waals surface area contributed by atoms with Crippen LogP contribution in [-0.4, -0.2) is 7.11 Å². The highest BCUT2D eigenvalue weighted by Crippen LogP contribution is 2.41. The van der Waals surface area contributed by atoms with Crippen molar-refractivity contribution in [2.45, 2.75) is 47.0 Å². The van der Waals surface area contributed by atoms with Crippen LogP contribution < -0.4 is 4.74 Å². The summed E-state index contributed by atoms with van der Waals surface area (Å²) in [7, 11) is 1.61. The molecule has 0 fully saturated rings. The van der Waals surface area contributed by atoms with Crippen LogP contribution in [0.15, 0.2) is 36.4 Å². The number of hydrogen-bond donors (Lipinski definition) is 0. The van der Waals surface area contributed by atoms with Crippen LogP contribution in [0, 0.1) is 11.2 Å². The van der Waals surface area contributed by atoms with E-state index in [4.69, 9.17) is 4.74 Å². The molecule has 1 atom stereocenters. The van der Waals surface area contributed by atoms with Gasteiger partial charge in [-0.25, -0.2) is 4.39 Å². The summed E-state index contributed by atoms with van der Waals surface area (Å²) >= 11 is 0. The number of hydrogen-bond acceptors (Lipinski definition) is 1. The molecule has 23 heavy (non-hydrogen) atoms. The van der Waals surface area contributed by atoms with E-state index in [0.29, 0.717) is 17.2 Å².